The summed E-state index contributed by atoms with van der Waals surface area (Å²) in [6.07, 6.45) is 30.8. The molecular weight excluding hydrogens is 709 g/mol. The molecule has 4 saturated carbocycles. The number of halogens is 1. The fourth-order valence-electron chi connectivity index (χ4n) is 9.63. The van der Waals surface area contributed by atoms with Gasteiger partial charge in [-0.05, 0) is 127 Å². The molecule has 2 aromatic carbocycles. The largest absolute Gasteiger partial charge is 2.00 e. The molecule has 248 valence electrons. The Labute approximate surface area is 298 Å². The second-order valence-corrected chi connectivity index (χ2v) is 20.9. The molecule has 0 spiro atoms. The smallest absolute Gasteiger partial charge is 0.276 e. The van der Waals surface area contributed by atoms with Crippen LogP contribution in [0.15, 0.2) is 36.4 Å². The van der Waals surface area contributed by atoms with Crippen LogP contribution in [0, 0.1) is 0 Å². The molecule has 1 heterocycles. The third kappa shape index (κ3) is 8.29. The topological polar surface area (TPSA) is 30.0 Å². The van der Waals surface area contributed by atoms with E-state index in [1.54, 1.807) is 0 Å². The third-order valence-electron chi connectivity index (χ3n) is 12.0. The average molecular weight is 763 g/mol. The minimum atomic E-state index is -0.336. The second kappa shape index (κ2) is 17.0. The van der Waals surface area contributed by atoms with Crippen LogP contribution in [0.5, 0.6) is 0 Å². The first-order valence-corrected chi connectivity index (χ1v) is 22.4. The van der Waals surface area contributed by atoms with Gasteiger partial charge in [-0.2, -0.15) is 0 Å². The summed E-state index contributed by atoms with van der Waals surface area (Å²) in [5, 5.41) is 2.00. The second-order valence-electron chi connectivity index (χ2n) is 15.0. The van der Waals surface area contributed by atoms with Gasteiger partial charge in [0.05, 0.1) is 11.0 Å². The quantitative estimate of drug-likeness (QED) is 0.0940. The van der Waals surface area contributed by atoms with Gasteiger partial charge in [-0.15, -0.1) is 0 Å². The molecule has 4 aliphatic carbocycles. The van der Waals surface area contributed by atoms with E-state index in [0.717, 1.165) is 39.7 Å². The number of hydrogen-bond acceptors (Lipinski definition) is 2. The monoisotopic (exact) mass is 763 g/mol. The van der Waals surface area contributed by atoms with Gasteiger partial charge in [0.25, 0.3) is 5.24 Å². The van der Waals surface area contributed by atoms with E-state index in [1.807, 2.05) is 6.07 Å². The zero-order chi connectivity index (χ0) is 30.6. The van der Waals surface area contributed by atoms with Crippen LogP contribution in [0.4, 0.5) is 0 Å². The minimum absolute atomic E-state index is 0. The van der Waals surface area contributed by atoms with Crippen molar-refractivity contribution in [1.29, 1.82) is 0 Å². The van der Waals surface area contributed by atoms with Crippen molar-refractivity contribution < 1.29 is 24.3 Å². The number of fused-ring (bicyclic) bond motifs is 2. The summed E-state index contributed by atoms with van der Waals surface area (Å²) in [6.45, 7) is 0. The van der Waals surface area contributed by atoms with Crippen molar-refractivity contribution in [3.05, 3.63) is 53.1 Å². The molecule has 46 heavy (non-hydrogen) atoms. The molecule has 3 aromatic rings. The predicted molar refractivity (Wildman–Crippen MR) is 198 cm³/mol. The van der Waals surface area contributed by atoms with Gasteiger partial charge in [0.2, 0.25) is 0 Å². The molecular formula is C40H54ClNOP2Ru+2. The van der Waals surface area contributed by atoms with E-state index in [1.165, 1.54) is 157 Å². The zero-order valence-electron chi connectivity index (χ0n) is 27.8. The molecule has 0 aliphatic heterocycles. The van der Waals surface area contributed by atoms with Crippen LogP contribution in [0.2, 0.25) is 0 Å². The van der Waals surface area contributed by atoms with E-state index < -0.39 is 0 Å². The third-order valence-corrected chi connectivity index (χ3v) is 19.5. The molecule has 0 saturated heterocycles. The molecule has 7 rings (SSSR count). The van der Waals surface area contributed by atoms with Crippen LogP contribution in [0.25, 0.3) is 21.8 Å². The number of hydrogen-bond donors (Lipinski definition) is 0. The van der Waals surface area contributed by atoms with Crippen LogP contribution in [0.1, 0.15) is 150 Å². The van der Waals surface area contributed by atoms with Crippen molar-refractivity contribution >= 4 is 54.5 Å². The fourth-order valence-corrected chi connectivity index (χ4v) is 17.4. The predicted octanol–water partition coefficient (Wildman–Crippen LogP) is 13.1. The Bertz CT molecular complexity index is 1420. The fraction of sp³-hybridized carbons (Fsp3) is 0.650. The number of rotatable bonds is 9. The summed E-state index contributed by atoms with van der Waals surface area (Å²) in [5.74, 6) is 0. The molecule has 0 N–H and O–H groups in total. The molecule has 0 unspecified atom stereocenters. The van der Waals surface area contributed by atoms with Gasteiger partial charge >= 0.3 is 19.5 Å². The van der Waals surface area contributed by atoms with E-state index in [0.29, 0.717) is 5.56 Å². The molecule has 4 aliphatic rings. The Morgan fingerprint density at radius 3 is 1.48 bits per heavy atom. The van der Waals surface area contributed by atoms with Gasteiger partial charge in [-0.25, -0.2) is 4.98 Å². The summed E-state index contributed by atoms with van der Waals surface area (Å²) in [5.41, 5.74) is 9.44. The van der Waals surface area contributed by atoms with E-state index in [9.17, 15) is 4.79 Å². The molecule has 4 fully saturated rings. The normalized spacial score (nSPS) is 21.3. The molecule has 0 atom stereocenters. The first kappa shape index (κ1) is 35.4. The summed E-state index contributed by atoms with van der Waals surface area (Å²) in [6, 6.07) is 13.4. The SMILES string of the molecule is O=C(Cl)c1cc(CP(C2CCCCC2)C2CCCCC2)c2nc3c(CP(C4CCCCC4)C4CCCCC4)cccc3cc2c1.[Ru+2]. The maximum absolute atomic E-state index is 12.6. The summed E-state index contributed by atoms with van der Waals surface area (Å²) >= 11 is 6.21. The van der Waals surface area contributed by atoms with Crippen LogP contribution < -0.4 is 0 Å². The van der Waals surface area contributed by atoms with Crippen molar-refractivity contribution in [2.75, 3.05) is 0 Å². The van der Waals surface area contributed by atoms with E-state index in [-0.39, 0.29) is 40.6 Å². The molecule has 2 nitrogen and oxygen atoms in total. The van der Waals surface area contributed by atoms with Gasteiger partial charge in [-0.1, -0.05) is 111 Å². The van der Waals surface area contributed by atoms with Crippen molar-refractivity contribution in [2.24, 2.45) is 0 Å². The maximum Gasteiger partial charge on any atom is 2.00 e. The number of benzene rings is 2. The first-order chi connectivity index (χ1) is 22.1. The molecule has 0 radical (unpaired) electrons. The average Bonchev–Trinajstić information content (AvgIpc) is 3.10. The van der Waals surface area contributed by atoms with Gasteiger partial charge in [0.1, 0.15) is 0 Å². The van der Waals surface area contributed by atoms with Gasteiger partial charge in [-0.3, -0.25) is 4.79 Å². The van der Waals surface area contributed by atoms with E-state index in [4.69, 9.17) is 16.6 Å². The maximum atomic E-state index is 12.6. The molecule has 0 bridgehead atoms. The Balaban J connectivity index is 0.00000372. The van der Waals surface area contributed by atoms with Crippen molar-refractivity contribution in [3.63, 3.8) is 0 Å². The van der Waals surface area contributed by atoms with Crippen LogP contribution in [0.3, 0.4) is 0 Å². The molecule has 1 aromatic heterocycles. The minimum Gasteiger partial charge on any atom is -0.276 e. The van der Waals surface area contributed by atoms with E-state index in [2.05, 4.69) is 30.3 Å². The van der Waals surface area contributed by atoms with Crippen molar-refractivity contribution in [1.82, 2.24) is 4.98 Å². The summed E-state index contributed by atoms with van der Waals surface area (Å²) in [7, 11) is -0.193. The molecule has 0 amide bonds. The summed E-state index contributed by atoms with van der Waals surface area (Å²) in [4.78, 5) is 18.3. The van der Waals surface area contributed by atoms with Gasteiger partial charge < -0.3 is 0 Å². The number of pyridine rings is 1. The zero-order valence-corrected chi connectivity index (χ0v) is 32.1. The van der Waals surface area contributed by atoms with Gasteiger partial charge in [0.15, 0.2) is 0 Å². The first-order valence-electron chi connectivity index (χ1n) is 18.7. The van der Waals surface area contributed by atoms with Crippen LogP contribution in [-0.4, -0.2) is 32.9 Å². The number of aromatic nitrogens is 1. The standard InChI is InChI=1S/C40H54ClNOP2.Ru/c41-40(43)32-25-31-24-29-14-13-15-30(27-44(34-16-5-1-6-17-34)35-18-7-2-8-19-35)38(29)42-39(31)33(26-32)28-45(36-20-9-3-10-21-36)37-22-11-4-12-23-37;/h13-15,24-26,34-37H,1-12,16-23,27-28H2;/q;+2. The van der Waals surface area contributed by atoms with Crippen LogP contribution >= 0.6 is 27.4 Å². The number of carbonyl (C=O) groups is 1. The van der Waals surface area contributed by atoms with Crippen molar-refractivity contribution in [2.45, 2.75) is 163 Å². The number of carbonyl (C=O) groups excluding carboxylic acids is 1. The Hall–Kier alpha value is -0.447. The summed E-state index contributed by atoms with van der Waals surface area (Å²) < 4.78 is 0. The number of para-hydroxylation sites is 1. The Kier molecular flexibility index (Phi) is 13.1. The molecule has 6 heteroatoms. The van der Waals surface area contributed by atoms with Gasteiger partial charge in [0, 0.05) is 16.3 Å². The van der Waals surface area contributed by atoms with E-state index >= 15 is 0 Å². The van der Waals surface area contributed by atoms with Crippen molar-refractivity contribution in [3.8, 4) is 0 Å². The van der Waals surface area contributed by atoms with Crippen LogP contribution in [-0.2, 0) is 31.8 Å². The number of nitrogens with zero attached hydrogens (tertiary/aromatic N) is 1. The Morgan fingerprint density at radius 1 is 0.587 bits per heavy atom. The Morgan fingerprint density at radius 2 is 1.02 bits per heavy atom.